The minimum absolute atomic E-state index is 0.111. The third kappa shape index (κ3) is 4.14. The normalized spacial score (nSPS) is 11.1. The van der Waals surface area contributed by atoms with Crippen molar-refractivity contribution in [3.8, 4) is 0 Å². The molecule has 2 aromatic heterocycles. The summed E-state index contributed by atoms with van der Waals surface area (Å²) >= 11 is 0. The molecule has 0 atom stereocenters. The molecule has 0 saturated heterocycles. The number of nitrogens with one attached hydrogen (secondary N) is 1. The molecule has 1 N–H and O–H groups in total. The lowest BCUT2D eigenvalue weighted by atomic mass is 10.1. The number of imidazole rings is 1. The molecule has 0 saturated carbocycles. The first-order valence-electron chi connectivity index (χ1n) is 9.31. The lowest BCUT2D eigenvalue weighted by Gasteiger charge is -2.05. The van der Waals surface area contributed by atoms with Crippen LogP contribution in [0.3, 0.4) is 0 Å². The molecule has 5 nitrogen and oxygen atoms in total. The number of aromatic nitrogens is 4. The fraction of sp³-hybridized carbons (Fsp3) is 0.227. The van der Waals surface area contributed by atoms with Crippen LogP contribution in [-0.2, 0) is 25.8 Å². The number of fused-ring (bicyclic) bond motifs is 1. The lowest BCUT2D eigenvalue weighted by molar-refractivity contribution is 0.655. The van der Waals surface area contributed by atoms with Crippen LogP contribution in [0.25, 0.3) is 11.2 Å². The molecule has 0 radical (unpaired) electrons. The van der Waals surface area contributed by atoms with Gasteiger partial charge in [-0.3, -0.25) is 4.79 Å². The van der Waals surface area contributed by atoms with Crippen molar-refractivity contribution in [3.63, 3.8) is 0 Å². The van der Waals surface area contributed by atoms with E-state index in [0.717, 1.165) is 25.8 Å². The van der Waals surface area contributed by atoms with E-state index >= 15 is 0 Å². The van der Waals surface area contributed by atoms with E-state index in [1.54, 1.807) is 6.33 Å². The van der Waals surface area contributed by atoms with Gasteiger partial charge in [0.25, 0.3) is 5.56 Å². The average Bonchev–Trinajstić information content (AvgIpc) is 3.12. The number of nitrogens with zero attached hydrogens (tertiary/aromatic N) is 3. The Bertz CT molecular complexity index is 1070. The van der Waals surface area contributed by atoms with Crippen LogP contribution in [0.4, 0.5) is 0 Å². The third-order valence-electron chi connectivity index (χ3n) is 4.73. The van der Waals surface area contributed by atoms with Crippen LogP contribution in [0.5, 0.6) is 0 Å². The Kier molecular flexibility index (Phi) is 5.10. The summed E-state index contributed by atoms with van der Waals surface area (Å²) in [6.45, 7) is 0.750. The van der Waals surface area contributed by atoms with E-state index in [0.29, 0.717) is 23.4 Å². The molecular weight excluding hydrogens is 336 g/mol. The zero-order valence-electron chi connectivity index (χ0n) is 15.1. The van der Waals surface area contributed by atoms with E-state index in [2.05, 4.69) is 39.2 Å². The maximum absolute atomic E-state index is 12.6. The predicted molar refractivity (Wildman–Crippen MR) is 107 cm³/mol. The van der Waals surface area contributed by atoms with Crippen molar-refractivity contribution in [1.82, 2.24) is 19.5 Å². The summed E-state index contributed by atoms with van der Waals surface area (Å²) in [6, 6.07) is 20.6. The van der Waals surface area contributed by atoms with Gasteiger partial charge in [-0.2, -0.15) is 0 Å². The van der Waals surface area contributed by atoms with Crippen LogP contribution < -0.4 is 5.56 Å². The second kappa shape index (κ2) is 7.99. The van der Waals surface area contributed by atoms with Crippen molar-refractivity contribution in [1.29, 1.82) is 0 Å². The van der Waals surface area contributed by atoms with Gasteiger partial charge in [0, 0.05) is 13.0 Å². The van der Waals surface area contributed by atoms with Crippen molar-refractivity contribution in [2.45, 2.75) is 32.2 Å². The highest BCUT2D eigenvalue weighted by atomic mass is 16.1. The molecule has 0 aliphatic rings. The van der Waals surface area contributed by atoms with Crippen LogP contribution in [0.1, 0.15) is 23.4 Å². The fourth-order valence-corrected chi connectivity index (χ4v) is 3.33. The van der Waals surface area contributed by atoms with Crippen LogP contribution in [0.15, 0.2) is 71.8 Å². The third-order valence-corrected chi connectivity index (χ3v) is 4.73. The molecule has 27 heavy (non-hydrogen) atoms. The molecule has 0 spiro atoms. The highest BCUT2D eigenvalue weighted by Crippen LogP contribution is 2.10. The minimum atomic E-state index is -0.111. The van der Waals surface area contributed by atoms with Crippen molar-refractivity contribution in [2.75, 3.05) is 0 Å². The summed E-state index contributed by atoms with van der Waals surface area (Å²) in [5.74, 6) is 0.686. The van der Waals surface area contributed by atoms with Crippen molar-refractivity contribution in [2.24, 2.45) is 0 Å². The van der Waals surface area contributed by atoms with Gasteiger partial charge in [-0.25, -0.2) is 9.97 Å². The van der Waals surface area contributed by atoms with Crippen LogP contribution >= 0.6 is 0 Å². The molecule has 0 fully saturated rings. The number of aromatic amines is 1. The summed E-state index contributed by atoms with van der Waals surface area (Å²) in [5.41, 5.74) is 3.51. The summed E-state index contributed by atoms with van der Waals surface area (Å²) in [4.78, 5) is 24.4. The Balaban J connectivity index is 1.45. The Labute approximate surface area is 157 Å². The quantitative estimate of drug-likeness (QED) is 0.550. The van der Waals surface area contributed by atoms with E-state index in [1.165, 1.54) is 11.1 Å². The Morgan fingerprint density at radius 3 is 2.22 bits per heavy atom. The molecule has 0 bridgehead atoms. The number of rotatable bonds is 7. The van der Waals surface area contributed by atoms with Gasteiger partial charge in [0.15, 0.2) is 11.2 Å². The molecule has 2 heterocycles. The molecule has 0 unspecified atom stereocenters. The van der Waals surface area contributed by atoms with E-state index in [-0.39, 0.29) is 5.56 Å². The summed E-state index contributed by atoms with van der Waals surface area (Å²) in [6.07, 6.45) is 5.17. The van der Waals surface area contributed by atoms with Crippen molar-refractivity contribution >= 4 is 11.2 Å². The SMILES string of the molecule is O=c1[nH]c(CCc2ccccc2)nc2ncn(CCCc3ccccc3)c12. The van der Waals surface area contributed by atoms with E-state index in [1.807, 2.05) is 41.0 Å². The first kappa shape index (κ1) is 17.2. The fourth-order valence-electron chi connectivity index (χ4n) is 3.33. The Hall–Kier alpha value is -3.21. The van der Waals surface area contributed by atoms with Gasteiger partial charge >= 0.3 is 0 Å². The summed E-state index contributed by atoms with van der Waals surface area (Å²) in [7, 11) is 0. The van der Waals surface area contributed by atoms with E-state index in [4.69, 9.17) is 0 Å². The van der Waals surface area contributed by atoms with Gasteiger partial charge in [0.1, 0.15) is 5.82 Å². The number of hydrogen-bond donors (Lipinski definition) is 1. The van der Waals surface area contributed by atoms with Crippen molar-refractivity contribution < 1.29 is 0 Å². The molecule has 4 rings (SSSR count). The standard InChI is InChI=1S/C22H22N4O/c27-22-20-21(24-19(25-22)14-13-18-10-5-2-6-11-18)23-16-26(20)15-7-12-17-8-3-1-4-9-17/h1-6,8-11,16H,7,12-15H2,(H,24,25,27). The highest BCUT2D eigenvalue weighted by Gasteiger charge is 2.10. The highest BCUT2D eigenvalue weighted by molar-refractivity contribution is 5.69. The topological polar surface area (TPSA) is 63.6 Å². The molecular formula is C22H22N4O. The van der Waals surface area contributed by atoms with Gasteiger partial charge in [-0.05, 0) is 30.4 Å². The molecule has 4 aromatic rings. The maximum atomic E-state index is 12.6. The second-order valence-corrected chi connectivity index (χ2v) is 6.70. The summed E-state index contributed by atoms with van der Waals surface area (Å²) in [5, 5.41) is 0. The Morgan fingerprint density at radius 2 is 1.52 bits per heavy atom. The predicted octanol–water partition coefficient (Wildman–Crippen LogP) is 3.54. The van der Waals surface area contributed by atoms with Gasteiger partial charge in [0.05, 0.1) is 6.33 Å². The number of H-pyrrole nitrogens is 1. The lowest BCUT2D eigenvalue weighted by Crippen LogP contribution is -2.15. The first-order chi connectivity index (χ1) is 13.3. The monoisotopic (exact) mass is 358 g/mol. The van der Waals surface area contributed by atoms with Crippen LogP contribution in [0.2, 0.25) is 0 Å². The molecule has 2 aromatic carbocycles. The van der Waals surface area contributed by atoms with Gasteiger partial charge in [-0.1, -0.05) is 60.7 Å². The number of aryl methyl sites for hydroxylation is 4. The minimum Gasteiger partial charge on any atom is -0.325 e. The number of hydrogen-bond acceptors (Lipinski definition) is 3. The average molecular weight is 358 g/mol. The van der Waals surface area contributed by atoms with Gasteiger partial charge < -0.3 is 9.55 Å². The molecule has 0 amide bonds. The van der Waals surface area contributed by atoms with Crippen molar-refractivity contribution in [3.05, 3.63) is 94.3 Å². The maximum Gasteiger partial charge on any atom is 0.277 e. The van der Waals surface area contributed by atoms with E-state index in [9.17, 15) is 4.79 Å². The molecule has 136 valence electrons. The zero-order valence-corrected chi connectivity index (χ0v) is 15.1. The summed E-state index contributed by atoms with van der Waals surface area (Å²) < 4.78 is 1.91. The van der Waals surface area contributed by atoms with Gasteiger partial charge in [0.2, 0.25) is 0 Å². The van der Waals surface area contributed by atoms with Crippen LogP contribution in [0, 0.1) is 0 Å². The number of benzene rings is 2. The zero-order chi connectivity index (χ0) is 18.5. The van der Waals surface area contributed by atoms with Gasteiger partial charge in [-0.15, -0.1) is 0 Å². The van der Waals surface area contributed by atoms with E-state index < -0.39 is 0 Å². The smallest absolute Gasteiger partial charge is 0.277 e. The molecule has 0 aliphatic carbocycles. The Morgan fingerprint density at radius 1 is 0.852 bits per heavy atom. The second-order valence-electron chi connectivity index (χ2n) is 6.70. The first-order valence-corrected chi connectivity index (χ1v) is 9.31. The largest absolute Gasteiger partial charge is 0.325 e. The molecule has 0 aliphatic heterocycles. The molecule has 5 heteroatoms. The van der Waals surface area contributed by atoms with Crippen LogP contribution in [-0.4, -0.2) is 19.5 Å².